The van der Waals surface area contributed by atoms with Gasteiger partial charge in [0.15, 0.2) is 5.76 Å². The molecule has 5 nitrogen and oxygen atoms in total. The fourth-order valence-corrected chi connectivity index (χ4v) is 4.55. The first-order chi connectivity index (χ1) is 15.7. The van der Waals surface area contributed by atoms with Crippen LogP contribution in [0.3, 0.4) is 0 Å². The molecular weight excluding hydrogens is 474 g/mol. The van der Waals surface area contributed by atoms with Crippen molar-refractivity contribution in [2.24, 2.45) is 0 Å². The summed E-state index contributed by atoms with van der Waals surface area (Å²) in [6.45, 7) is 7.37. The lowest BCUT2D eigenvalue weighted by molar-refractivity contribution is 0.113. The van der Waals surface area contributed by atoms with E-state index in [0.29, 0.717) is 0 Å². The average Bonchev–Trinajstić information content (AvgIpc) is 3.53. The highest BCUT2D eigenvalue weighted by atomic mass is 35.5. The fraction of sp³-hybridized carbons (Fsp3) is 0.269. The molecule has 1 saturated heterocycles. The summed E-state index contributed by atoms with van der Waals surface area (Å²) in [7, 11) is 0. The molecule has 1 fully saturated rings. The Balaban J connectivity index is 0.00000162. The SMILES string of the molecule is CCN1CCN(C(c2ccc(-c3ccc(F)cc3)cc2)c2cn[nH]c2-c2ccco2)CC1.Cl.Cl. The Hall–Kier alpha value is -2.64. The summed E-state index contributed by atoms with van der Waals surface area (Å²) >= 11 is 0. The second-order valence-electron chi connectivity index (χ2n) is 8.18. The van der Waals surface area contributed by atoms with Gasteiger partial charge in [0, 0.05) is 31.7 Å². The molecular formula is C26H29Cl2FN4O. The maximum atomic E-state index is 13.3. The highest BCUT2D eigenvalue weighted by Crippen LogP contribution is 2.36. The first-order valence-electron chi connectivity index (χ1n) is 11.1. The van der Waals surface area contributed by atoms with Crippen molar-refractivity contribution in [3.8, 4) is 22.6 Å². The molecule has 180 valence electrons. The maximum absolute atomic E-state index is 13.3. The van der Waals surface area contributed by atoms with Gasteiger partial charge in [-0.3, -0.25) is 10.00 Å². The first-order valence-corrected chi connectivity index (χ1v) is 11.1. The molecule has 0 radical (unpaired) electrons. The van der Waals surface area contributed by atoms with Crippen LogP contribution in [0.1, 0.15) is 24.1 Å². The van der Waals surface area contributed by atoms with Gasteiger partial charge in [0.05, 0.1) is 18.5 Å². The highest BCUT2D eigenvalue weighted by Gasteiger charge is 2.29. The summed E-state index contributed by atoms with van der Waals surface area (Å²) in [6, 6.07) is 19.1. The van der Waals surface area contributed by atoms with E-state index in [0.717, 1.165) is 60.9 Å². The predicted octanol–water partition coefficient (Wildman–Crippen LogP) is 6.05. The molecule has 1 aliphatic rings. The van der Waals surface area contributed by atoms with E-state index in [2.05, 4.69) is 51.2 Å². The molecule has 8 heteroatoms. The van der Waals surface area contributed by atoms with Crippen LogP contribution in [-0.2, 0) is 0 Å². The largest absolute Gasteiger partial charge is 0.463 e. The van der Waals surface area contributed by atoms with Crippen molar-refractivity contribution in [2.75, 3.05) is 32.7 Å². The number of nitrogens with one attached hydrogen (secondary N) is 1. The third-order valence-corrected chi connectivity index (χ3v) is 6.35. The van der Waals surface area contributed by atoms with Crippen molar-refractivity contribution < 1.29 is 8.81 Å². The van der Waals surface area contributed by atoms with Gasteiger partial charge in [0.25, 0.3) is 0 Å². The molecule has 1 aliphatic heterocycles. The lowest BCUT2D eigenvalue weighted by Gasteiger charge is -2.39. The summed E-state index contributed by atoms with van der Waals surface area (Å²) in [5, 5.41) is 7.51. The van der Waals surface area contributed by atoms with Crippen LogP contribution in [-0.4, -0.2) is 52.7 Å². The number of H-pyrrole nitrogens is 1. The number of rotatable bonds is 6. The number of furan rings is 1. The number of nitrogens with zero attached hydrogens (tertiary/aromatic N) is 3. The standard InChI is InChI=1S/C26H27FN4O.2ClH/c1-2-30-13-15-31(16-14-30)26(23-18-28-29-25(23)24-4-3-17-32-24)21-7-5-19(6-8-21)20-9-11-22(27)12-10-20;;/h3-12,17-18,26H,2,13-16H2,1H3,(H,28,29);2*1H. The molecule has 0 bridgehead atoms. The third-order valence-electron chi connectivity index (χ3n) is 6.35. The molecule has 1 unspecified atom stereocenters. The molecule has 0 amide bonds. The van der Waals surface area contributed by atoms with Crippen LogP contribution in [0, 0.1) is 5.82 Å². The van der Waals surface area contributed by atoms with Gasteiger partial charge in [-0.05, 0) is 47.5 Å². The molecule has 4 aromatic rings. The van der Waals surface area contributed by atoms with Gasteiger partial charge < -0.3 is 9.32 Å². The van der Waals surface area contributed by atoms with Gasteiger partial charge in [-0.25, -0.2) is 4.39 Å². The quantitative estimate of drug-likeness (QED) is 0.348. The summed E-state index contributed by atoms with van der Waals surface area (Å²) in [4.78, 5) is 5.00. The van der Waals surface area contributed by atoms with E-state index in [-0.39, 0.29) is 36.7 Å². The second kappa shape index (κ2) is 11.7. The number of likely N-dealkylation sites (N-methyl/N-ethyl adjacent to an activating group) is 1. The molecule has 1 atom stereocenters. The third kappa shape index (κ3) is 5.36. The van der Waals surface area contributed by atoms with Crippen LogP contribution < -0.4 is 0 Å². The number of aromatic amines is 1. The van der Waals surface area contributed by atoms with E-state index in [4.69, 9.17) is 4.42 Å². The molecule has 1 N–H and O–H groups in total. The minimum absolute atomic E-state index is 0. The number of halogens is 3. The molecule has 2 aromatic heterocycles. The lowest BCUT2D eigenvalue weighted by atomic mass is 9.94. The highest BCUT2D eigenvalue weighted by molar-refractivity contribution is 5.85. The Morgan fingerprint density at radius 1 is 0.941 bits per heavy atom. The molecule has 0 spiro atoms. The molecule has 2 aromatic carbocycles. The summed E-state index contributed by atoms with van der Waals surface area (Å²) in [5.41, 5.74) is 5.31. The van der Waals surface area contributed by atoms with Gasteiger partial charge in [-0.15, -0.1) is 24.8 Å². The normalized spacial score (nSPS) is 15.4. The van der Waals surface area contributed by atoms with Crippen LogP contribution in [0.15, 0.2) is 77.5 Å². The summed E-state index contributed by atoms with van der Waals surface area (Å²) in [5.74, 6) is 0.569. The zero-order valence-corrected chi connectivity index (χ0v) is 20.6. The topological polar surface area (TPSA) is 48.3 Å². The van der Waals surface area contributed by atoms with Crippen LogP contribution in [0.5, 0.6) is 0 Å². The zero-order chi connectivity index (χ0) is 21.9. The smallest absolute Gasteiger partial charge is 0.151 e. The van der Waals surface area contributed by atoms with E-state index in [9.17, 15) is 4.39 Å². The fourth-order valence-electron chi connectivity index (χ4n) is 4.55. The van der Waals surface area contributed by atoms with E-state index in [1.54, 1.807) is 6.26 Å². The second-order valence-corrected chi connectivity index (χ2v) is 8.18. The van der Waals surface area contributed by atoms with Crippen molar-refractivity contribution in [1.29, 1.82) is 0 Å². The number of hydrogen-bond acceptors (Lipinski definition) is 4. The Labute approximate surface area is 211 Å². The Morgan fingerprint density at radius 3 is 2.18 bits per heavy atom. The summed E-state index contributed by atoms with van der Waals surface area (Å²) < 4.78 is 19.0. The molecule has 3 heterocycles. The van der Waals surface area contributed by atoms with Gasteiger partial charge >= 0.3 is 0 Å². The van der Waals surface area contributed by atoms with Gasteiger partial charge in [0.2, 0.25) is 0 Å². The maximum Gasteiger partial charge on any atom is 0.151 e. The molecule has 5 rings (SSSR count). The Bertz CT molecular complexity index is 1140. The van der Waals surface area contributed by atoms with E-state index in [1.165, 1.54) is 17.7 Å². The van der Waals surface area contributed by atoms with Gasteiger partial charge in [-0.2, -0.15) is 5.10 Å². The minimum Gasteiger partial charge on any atom is -0.463 e. The molecule has 0 saturated carbocycles. The Kier molecular flexibility index (Phi) is 8.91. The van der Waals surface area contributed by atoms with Crippen molar-refractivity contribution in [3.63, 3.8) is 0 Å². The van der Waals surface area contributed by atoms with E-state index >= 15 is 0 Å². The molecule has 0 aliphatic carbocycles. The van der Waals surface area contributed by atoms with Crippen LogP contribution >= 0.6 is 24.8 Å². The number of hydrogen-bond donors (Lipinski definition) is 1. The van der Waals surface area contributed by atoms with Crippen LogP contribution in [0.2, 0.25) is 0 Å². The van der Waals surface area contributed by atoms with E-state index in [1.807, 2.05) is 30.5 Å². The minimum atomic E-state index is -0.220. The first kappa shape index (κ1) is 26.0. The van der Waals surface area contributed by atoms with Crippen molar-refractivity contribution in [3.05, 3.63) is 90.1 Å². The number of piperazine rings is 1. The summed E-state index contributed by atoms with van der Waals surface area (Å²) in [6.07, 6.45) is 3.61. The van der Waals surface area contributed by atoms with Crippen molar-refractivity contribution >= 4 is 24.8 Å². The van der Waals surface area contributed by atoms with Gasteiger partial charge in [0.1, 0.15) is 11.5 Å². The van der Waals surface area contributed by atoms with E-state index < -0.39 is 0 Å². The number of aromatic nitrogens is 2. The van der Waals surface area contributed by atoms with Crippen molar-refractivity contribution in [1.82, 2.24) is 20.0 Å². The van der Waals surface area contributed by atoms with Crippen molar-refractivity contribution in [2.45, 2.75) is 13.0 Å². The Morgan fingerprint density at radius 2 is 1.59 bits per heavy atom. The van der Waals surface area contributed by atoms with Gasteiger partial charge in [-0.1, -0.05) is 43.3 Å². The van der Waals surface area contributed by atoms with Crippen LogP contribution in [0.4, 0.5) is 4.39 Å². The number of benzene rings is 2. The molecule has 34 heavy (non-hydrogen) atoms. The monoisotopic (exact) mass is 502 g/mol. The predicted molar refractivity (Wildman–Crippen MR) is 138 cm³/mol. The zero-order valence-electron chi connectivity index (χ0n) is 19.0. The lowest BCUT2D eigenvalue weighted by Crippen LogP contribution is -2.47. The average molecular weight is 503 g/mol. The van der Waals surface area contributed by atoms with Crippen LogP contribution in [0.25, 0.3) is 22.6 Å².